The molecule has 0 aromatic carbocycles. The Morgan fingerprint density at radius 1 is 1.47 bits per heavy atom. The summed E-state index contributed by atoms with van der Waals surface area (Å²) < 4.78 is 0. The van der Waals surface area contributed by atoms with E-state index < -0.39 is 0 Å². The summed E-state index contributed by atoms with van der Waals surface area (Å²) in [4.78, 5) is 8.37. The second-order valence-electron chi connectivity index (χ2n) is 4.26. The highest BCUT2D eigenvalue weighted by Gasteiger charge is 2.05. The van der Waals surface area contributed by atoms with E-state index in [1.165, 1.54) is 24.8 Å². The van der Waals surface area contributed by atoms with E-state index in [0.29, 0.717) is 11.6 Å². The van der Waals surface area contributed by atoms with Crippen molar-refractivity contribution in [3.63, 3.8) is 0 Å². The highest BCUT2D eigenvalue weighted by molar-refractivity contribution is 5.33. The number of aromatic nitrogens is 2. The number of nitrogens with one attached hydrogen (secondary N) is 1. The van der Waals surface area contributed by atoms with Crippen molar-refractivity contribution in [3.05, 3.63) is 29.1 Å². The normalized spacial score (nSPS) is 14.2. The highest BCUT2D eigenvalue weighted by atomic mass is 15.1. The van der Waals surface area contributed by atoms with Crippen LogP contribution < -0.4 is 5.32 Å². The molecule has 0 saturated heterocycles. The molecule has 4 nitrogen and oxygen atoms in total. The van der Waals surface area contributed by atoms with Gasteiger partial charge in [-0.1, -0.05) is 11.6 Å². The number of hydrogen-bond donors (Lipinski definition) is 1. The molecule has 1 aromatic rings. The van der Waals surface area contributed by atoms with Crippen molar-refractivity contribution in [1.82, 2.24) is 9.97 Å². The first-order chi connectivity index (χ1) is 8.28. The molecule has 0 radical (unpaired) electrons. The van der Waals surface area contributed by atoms with Crippen LogP contribution in [0.25, 0.3) is 0 Å². The fraction of sp³-hybridized carbons (Fsp3) is 0.462. The smallest absolute Gasteiger partial charge is 0.224 e. The summed E-state index contributed by atoms with van der Waals surface area (Å²) in [6.45, 7) is 2.70. The van der Waals surface area contributed by atoms with Gasteiger partial charge < -0.3 is 5.32 Å². The molecule has 1 aliphatic rings. The van der Waals surface area contributed by atoms with Gasteiger partial charge in [-0.05, 0) is 38.7 Å². The second kappa shape index (κ2) is 5.44. The first-order valence-corrected chi connectivity index (χ1v) is 5.95. The van der Waals surface area contributed by atoms with Crippen LogP contribution >= 0.6 is 0 Å². The van der Waals surface area contributed by atoms with Crippen LogP contribution in [0.3, 0.4) is 0 Å². The molecule has 17 heavy (non-hydrogen) atoms. The van der Waals surface area contributed by atoms with Gasteiger partial charge in [0.15, 0.2) is 0 Å². The van der Waals surface area contributed by atoms with Gasteiger partial charge in [0.25, 0.3) is 0 Å². The summed E-state index contributed by atoms with van der Waals surface area (Å²) in [6.07, 6.45) is 7.09. The largest absolute Gasteiger partial charge is 0.354 e. The van der Waals surface area contributed by atoms with Crippen molar-refractivity contribution in [3.8, 4) is 6.07 Å². The summed E-state index contributed by atoms with van der Waals surface area (Å²) in [6, 6.07) is 3.72. The van der Waals surface area contributed by atoms with Crippen LogP contribution in [-0.4, -0.2) is 16.5 Å². The van der Waals surface area contributed by atoms with Crippen molar-refractivity contribution in [2.24, 2.45) is 0 Å². The molecule has 0 spiro atoms. The van der Waals surface area contributed by atoms with Crippen LogP contribution in [0.15, 0.2) is 17.7 Å². The van der Waals surface area contributed by atoms with Crippen molar-refractivity contribution in [2.75, 3.05) is 11.9 Å². The third kappa shape index (κ3) is 3.28. The van der Waals surface area contributed by atoms with Crippen molar-refractivity contribution in [2.45, 2.75) is 32.6 Å². The topological polar surface area (TPSA) is 61.6 Å². The minimum Gasteiger partial charge on any atom is -0.354 e. The molecule has 1 N–H and O–H groups in total. The maximum atomic E-state index is 8.81. The maximum Gasteiger partial charge on any atom is 0.224 e. The molecule has 0 amide bonds. The molecule has 1 heterocycles. The molecular formula is C13H16N4. The lowest BCUT2D eigenvalue weighted by molar-refractivity contribution is 0.858. The van der Waals surface area contributed by atoms with Crippen molar-refractivity contribution >= 4 is 5.95 Å². The van der Waals surface area contributed by atoms with Crippen molar-refractivity contribution in [1.29, 1.82) is 5.26 Å². The monoisotopic (exact) mass is 228 g/mol. The Hall–Kier alpha value is -1.89. The van der Waals surface area contributed by atoms with Gasteiger partial charge in [-0.2, -0.15) is 5.26 Å². The summed E-state index contributed by atoms with van der Waals surface area (Å²) in [5.74, 6) is 0.556. The Bertz CT molecular complexity index is 471. The molecule has 0 unspecified atom stereocenters. The van der Waals surface area contributed by atoms with Crippen LogP contribution in [0.1, 0.15) is 37.1 Å². The van der Waals surface area contributed by atoms with E-state index in [9.17, 15) is 0 Å². The number of nitriles is 1. The van der Waals surface area contributed by atoms with Gasteiger partial charge >= 0.3 is 0 Å². The van der Waals surface area contributed by atoms with E-state index in [4.69, 9.17) is 5.26 Å². The standard InChI is InChI=1S/C13H16N4/c1-10-8-12(9-14)17-13(16-10)15-7-6-11-4-2-3-5-11/h4,8H,2-3,5-7H2,1H3,(H,15,16,17). The molecule has 4 heteroatoms. The molecular weight excluding hydrogens is 212 g/mol. The van der Waals surface area contributed by atoms with Crippen molar-refractivity contribution < 1.29 is 0 Å². The van der Waals surface area contributed by atoms with E-state index in [1.807, 2.05) is 13.0 Å². The zero-order valence-electron chi connectivity index (χ0n) is 10.0. The molecule has 0 atom stereocenters. The van der Waals surface area contributed by atoms with Gasteiger partial charge in [0, 0.05) is 12.2 Å². The Morgan fingerprint density at radius 3 is 3.06 bits per heavy atom. The predicted octanol–water partition coefficient (Wildman–Crippen LogP) is 2.57. The van der Waals surface area contributed by atoms with Crippen LogP contribution in [0.5, 0.6) is 0 Å². The maximum absolute atomic E-state index is 8.81. The van der Waals surface area contributed by atoms with Gasteiger partial charge in [0.2, 0.25) is 5.95 Å². The van der Waals surface area contributed by atoms with Crippen LogP contribution in [-0.2, 0) is 0 Å². The summed E-state index contributed by atoms with van der Waals surface area (Å²) in [7, 11) is 0. The molecule has 1 aromatic heterocycles. The van der Waals surface area contributed by atoms with E-state index in [0.717, 1.165) is 18.7 Å². The number of allylic oxidation sites excluding steroid dienone is 1. The van der Waals surface area contributed by atoms with Gasteiger partial charge in [-0.25, -0.2) is 9.97 Å². The SMILES string of the molecule is Cc1cc(C#N)nc(NCCC2=CCCC2)n1. The summed E-state index contributed by atoms with van der Waals surface area (Å²) in [5.41, 5.74) is 2.75. The first kappa shape index (κ1) is 11.6. The predicted molar refractivity (Wildman–Crippen MR) is 66.5 cm³/mol. The highest BCUT2D eigenvalue weighted by Crippen LogP contribution is 2.20. The minimum atomic E-state index is 0.417. The van der Waals surface area contributed by atoms with Gasteiger partial charge in [0.05, 0.1) is 0 Å². The molecule has 2 rings (SSSR count). The number of nitrogens with zero attached hydrogens (tertiary/aromatic N) is 3. The number of hydrogen-bond acceptors (Lipinski definition) is 4. The minimum absolute atomic E-state index is 0.417. The average molecular weight is 228 g/mol. The van der Waals surface area contributed by atoms with Crippen LogP contribution in [0.4, 0.5) is 5.95 Å². The number of rotatable bonds is 4. The molecule has 88 valence electrons. The van der Waals surface area contributed by atoms with Gasteiger partial charge in [-0.15, -0.1) is 0 Å². The van der Waals surface area contributed by atoms with E-state index in [-0.39, 0.29) is 0 Å². The fourth-order valence-electron chi connectivity index (χ4n) is 2.00. The quantitative estimate of drug-likeness (QED) is 0.804. The lowest BCUT2D eigenvalue weighted by Crippen LogP contribution is -2.07. The van der Waals surface area contributed by atoms with Gasteiger partial charge in [-0.3, -0.25) is 0 Å². The van der Waals surface area contributed by atoms with E-state index in [1.54, 1.807) is 6.07 Å². The number of aryl methyl sites for hydroxylation is 1. The molecule has 0 bridgehead atoms. The van der Waals surface area contributed by atoms with E-state index in [2.05, 4.69) is 21.4 Å². The Labute approximate surface area is 101 Å². The molecule has 0 fully saturated rings. The third-order valence-corrected chi connectivity index (χ3v) is 2.83. The lowest BCUT2D eigenvalue weighted by atomic mass is 10.2. The Kier molecular flexibility index (Phi) is 3.71. The van der Waals surface area contributed by atoms with Crippen LogP contribution in [0.2, 0.25) is 0 Å². The van der Waals surface area contributed by atoms with Crippen LogP contribution in [0, 0.1) is 18.3 Å². The summed E-state index contributed by atoms with van der Waals surface area (Å²) in [5, 5.41) is 12.0. The average Bonchev–Trinajstić information content (AvgIpc) is 2.81. The molecule has 0 aliphatic heterocycles. The number of anilines is 1. The molecule has 1 aliphatic carbocycles. The molecule has 0 saturated carbocycles. The second-order valence-corrected chi connectivity index (χ2v) is 4.26. The summed E-state index contributed by atoms with van der Waals surface area (Å²) >= 11 is 0. The zero-order valence-corrected chi connectivity index (χ0v) is 10.0. The Balaban J connectivity index is 1.90. The van der Waals surface area contributed by atoms with E-state index >= 15 is 0 Å². The lowest BCUT2D eigenvalue weighted by Gasteiger charge is -2.06. The zero-order chi connectivity index (χ0) is 12.1. The third-order valence-electron chi connectivity index (χ3n) is 2.83. The first-order valence-electron chi connectivity index (χ1n) is 5.95. The Morgan fingerprint density at radius 2 is 2.35 bits per heavy atom. The van der Waals surface area contributed by atoms with Gasteiger partial charge in [0.1, 0.15) is 11.8 Å². The fourth-order valence-corrected chi connectivity index (χ4v) is 2.00.